The number of hydrogen-bond acceptors (Lipinski definition) is 5. The van der Waals surface area contributed by atoms with Gasteiger partial charge in [-0.05, 0) is 50.1 Å². The van der Waals surface area contributed by atoms with E-state index in [1.54, 1.807) is 36.7 Å². The molecule has 4 heterocycles. The van der Waals surface area contributed by atoms with E-state index in [2.05, 4.69) is 21.9 Å². The van der Waals surface area contributed by atoms with Gasteiger partial charge < -0.3 is 10.2 Å². The van der Waals surface area contributed by atoms with E-state index in [0.717, 1.165) is 41.1 Å². The molecule has 0 radical (unpaired) electrons. The van der Waals surface area contributed by atoms with Crippen LogP contribution in [0, 0.1) is 6.92 Å². The van der Waals surface area contributed by atoms with Crippen LogP contribution in [0.1, 0.15) is 40.8 Å². The minimum Gasteiger partial charge on any atom is -0.329 e. The van der Waals surface area contributed by atoms with Crippen molar-refractivity contribution in [1.29, 1.82) is 0 Å². The van der Waals surface area contributed by atoms with Crippen molar-refractivity contribution in [2.45, 2.75) is 25.8 Å². The van der Waals surface area contributed by atoms with Gasteiger partial charge in [-0.25, -0.2) is 9.97 Å². The molecule has 4 aromatic rings. The van der Waals surface area contributed by atoms with E-state index in [-0.39, 0.29) is 17.9 Å². The first-order valence-corrected chi connectivity index (χ1v) is 11.2. The quantitative estimate of drug-likeness (QED) is 0.458. The molecule has 170 valence electrons. The van der Waals surface area contributed by atoms with Crippen LogP contribution in [0.5, 0.6) is 0 Å². The Kier molecular flexibility index (Phi) is 5.63. The molecule has 1 aliphatic heterocycles. The van der Waals surface area contributed by atoms with E-state index in [9.17, 15) is 9.59 Å². The maximum absolute atomic E-state index is 12.6. The summed E-state index contributed by atoms with van der Waals surface area (Å²) in [6.07, 6.45) is 8.38. The lowest BCUT2D eigenvalue weighted by Crippen LogP contribution is -2.29. The molecule has 0 aliphatic carbocycles. The molecule has 0 bridgehead atoms. The monoisotopic (exact) mass is 452 g/mol. The van der Waals surface area contributed by atoms with Gasteiger partial charge in [0.25, 0.3) is 5.91 Å². The number of nitrogens with one attached hydrogen (secondary N) is 1. The second-order valence-corrected chi connectivity index (χ2v) is 8.19. The number of benzene rings is 1. The van der Waals surface area contributed by atoms with E-state index >= 15 is 0 Å². The number of rotatable bonds is 5. The predicted octanol–water partition coefficient (Wildman–Crippen LogP) is 4.20. The van der Waals surface area contributed by atoms with Crippen molar-refractivity contribution in [2.24, 2.45) is 0 Å². The van der Waals surface area contributed by atoms with Gasteiger partial charge in [0.1, 0.15) is 11.6 Å². The van der Waals surface area contributed by atoms with Crippen LogP contribution in [0.25, 0.3) is 16.8 Å². The highest BCUT2D eigenvalue weighted by atomic mass is 16.2. The highest BCUT2D eigenvalue weighted by Crippen LogP contribution is 2.36. The normalized spacial score (nSPS) is 15.4. The summed E-state index contributed by atoms with van der Waals surface area (Å²) in [6, 6.07) is 12.5. The molecule has 1 N–H and O–H groups in total. The Hall–Kier alpha value is -4.33. The average Bonchev–Trinajstić information content (AvgIpc) is 3.50. The fourth-order valence-electron chi connectivity index (χ4n) is 4.48. The summed E-state index contributed by atoms with van der Waals surface area (Å²) in [5, 5.41) is 2.79. The summed E-state index contributed by atoms with van der Waals surface area (Å²) in [7, 11) is 0. The van der Waals surface area contributed by atoms with Gasteiger partial charge in [0.15, 0.2) is 0 Å². The molecule has 8 heteroatoms. The summed E-state index contributed by atoms with van der Waals surface area (Å²) in [4.78, 5) is 40.5. The molecule has 1 atom stereocenters. The molecule has 0 saturated carbocycles. The molecule has 1 aromatic carbocycles. The van der Waals surface area contributed by atoms with Crippen molar-refractivity contribution < 1.29 is 9.59 Å². The Bertz CT molecular complexity index is 1380. The highest BCUT2D eigenvalue weighted by molar-refractivity contribution is 6.04. The minimum atomic E-state index is -0.233. The van der Waals surface area contributed by atoms with E-state index in [4.69, 9.17) is 4.98 Å². The number of nitrogens with zero attached hydrogens (tertiary/aromatic N) is 5. The maximum atomic E-state index is 12.6. The molecular formula is C26H24N6O2. The van der Waals surface area contributed by atoms with Crippen molar-refractivity contribution in [3.05, 3.63) is 90.8 Å². The molecular weight excluding hydrogens is 428 g/mol. The van der Waals surface area contributed by atoms with Gasteiger partial charge in [-0.1, -0.05) is 24.8 Å². The zero-order chi connectivity index (χ0) is 23.7. The molecule has 8 nitrogen and oxygen atoms in total. The van der Waals surface area contributed by atoms with Crippen molar-refractivity contribution in [2.75, 3.05) is 11.9 Å². The van der Waals surface area contributed by atoms with Gasteiger partial charge in [0, 0.05) is 36.3 Å². The summed E-state index contributed by atoms with van der Waals surface area (Å²) in [5.74, 6) is 0.983. The summed E-state index contributed by atoms with van der Waals surface area (Å²) in [5.41, 5.74) is 3.89. The van der Waals surface area contributed by atoms with Crippen LogP contribution in [-0.4, -0.2) is 42.6 Å². The third-order valence-electron chi connectivity index (χ3n) is 6.10. The number of carbonyl (C=O) groups is 2. The molecule has 1 aliphatic rings. The topological polar surface area (TPSA) is 92.5 Å². The van der Waals surface area contributed by atoms with Gasteiger partial charge in [-0.15, -0.1) is 0 Å². The molecule has 1 fully saturated rings. The largest absolute Gasteiger partial charge is 0.329 e. The van der Waals surface area contributed by atoms with E-state index in [1.165, 1.54) is 6.08 Å². The van der Waals surface area contributed by atoms with Crippen molar-refractivity contribution in [3.8, 4) is 11.3 Å². The summed E-state index contributed by atoms with van der Waals surface area (Å²) >= 11 is 0. The van der Waals surface area contributed by atoms with E-state index in [1.807, 2.05) is 40.6 Å². The third kappa shape index (κ3) is 3.83. The highest BCUT2D eigenvalue weighted by Gasteiger charge is 2.33. The van der Waals surface area contributed by atoms with Crippen LogP contribution < -0.4 is 5.32 Å². The summed E-state index contributed by atoms with van der Waals surface area (Å²) in [6.45, 7) is 6.28. The Balaban J connectivity index is 1.51. The number of amides is 2. The number of pyridine rings is 1. The third-order valence-corrected chi connectivity index (χ3v) is 6.10. The lowest BCUT2D eigenvalue weighted by molar-refractivity contribution is -0.127. The lowest BCUT2D eigenvalue weighted by atomic mass is 10.1. The van der Waals surface area contributed by atoms with Gasteiger partial charge in [-0.2, -0.15) is 0 Å². The number of fused-ring (bicyclic) bond motifs is 1. The first kappa shape index (κ1) is 21.5. The van der Waals surface area contributed by atoms with Crippen molar-refractivity contribution >= 4 is 23.1 Å². The number of imidazole rings is 1. The van der Waals surface area contributed by atoms with Gasteiger partial charge in [-0.3, -0.25) is 19.0 Å². The second-order valence-electron chi connectivity index (χ2n) is 8.19. The lowest BCUT2D eigenvalue weighted by Gasteiger charge is -2.22. The standard InChI is InChI=1S/C26H24N6O2/c1-3-22(33)31-15-6-7-20(31)25-30-23(24-17(2)27-14-16-32(24)25)18-9-11-19(12-10-18)26(34)29-21-8-4-5-13-28-21/h3-5,8-14,16,20H,1,6-7,15H2,2H3,(H,28,29,34)/t20-/m0/s1. The predicted molar refractivity (Wildman–Crippen MR) is 129 cm³/mol. The minimum absolute atomic E-state index is 0.0881. The Morgan fingerprint density at radius 2 is 1.94 bits per heavy atom. The number of anilines is 1. The fourth-order valence-corrected chi connectivity index (χ4v) is 4.48. The van der Waals surface area contributed by atoms with Crippen LogP contribution in [-0.2, 0) is 4.79 Å². The van der Waals surface area contributed by atoms with E-state index < -0.39 is 0 Å². The van der Waals surface area contributed by atoms with Crippen molar-refractivity contribution in [3.63, 3.8) is 0 Å². The Morgan fingerprint density at radius 1 is 1.12 bits per heavy atom. The van der Waals surface area contributed by atoms with Gasteiger partial charge >= 0.3 is 0 Å². The number of aryl methyl sites for hydroxylation is 1. The molecule has 5 rings (SSSR count). The number of hydrogen-bond donors (Lipinski definition) is 1. The molecule has 0 unspecified atom stereocenters. The van der Waals surface area contributed by atoms with Crippen LogP contribution in [0.4, 0.5) is 5.82 Å². The van der Waals surface area contributed by atoms with Crippen LogP contribution in [0.3, 0.4) is 0 Å². The number of carbonyl (C=O) groups excluding carboxylic acids is 2. The van der Waals surface area contributed by atoms with Crippen molar-refractivity contribution in [1.82, 2.24) is 24.3 Å². The number of likely N-dealkylation sites (tertiary alicyclic amines) is 1. The zero-order valence-corrected chi connectivity index (χ0v) is 18.8. The second kappa shape index (κ2) is 8.90. The Labute approximate surface area is 197 Å². The fraction of sp³-hybridized carbons (Fsp3) is 0.192. The molecule has 34 heavy (non-hydrogen) atoms. The zero-order valence-electron chi connectivity index (χ0n) is 18.8. The van der Waals surface area contributed by atoms with Crippen LogP contribution in [0.2, 0.25) is 0 Å². The Morgan fingerprint density at radius 3 is 2.68 bits per heavy atom. The number of aromatic nitrogens is 4. The maximum Gasteiger partial charge on any atom is 0.256 e. The first-order valence-electron chi connectivity index (χ1n) is 11.2. The molecule has 2 amide bonds. The molecule has 1 saturated heterocycles. The molecule has 0 spiro atoms. The smallest absolute Gasteiger partial charge is 0.256 e. The average molecular weight is 453 g/mol. The van der Waals surface area contributed by atoms with Crippen LogP contribution in [0.15, 0.2) is 73.7 Å². The van der Waals surface area contributed by atoms with Crippen LogP contribution >= 0.6 is 0 Å². The van der Waals surface area contributed by atoms with Gasteiger partial charge in [0.05, 0.1) is 22.9 Å². The summed E-state index contributed by atoms with van der Waals surface area (Å²) < 4.78 is 2.03. The van der Waals surface area contributed by atoms with E-state index in [0.29, 0.717) is 17.9 Å². The molecule has 3 aromatic heterocycles. The van der Waals surface area contributed by atoms with Gasteiger partial charge in [0.2, 0.25) is 5.91 Å². The first-order chi connectivity index (χ1) is 16.6. The SMILES string of the molecule is C=CC(=O)N1CCC[C@H]1c1nc(-c2ccc(C(=O)Nc3ccccn3)cc2)c2c(C)nccn12.